The van der Waals surface area contributed by atoms with Crippen molar-refractivity contribution >= 4 is 12.2 Å². The summed E-state index contributed by atoms with van der Waals surface area (Å²) in [6, 6.07) is 11.9. The van der Waals surface area contributed by atoms with Crippen molar-refractivity contribution in [3.05, 3.63) is 72.6 Å². The lowest BCUT2D eigenvalue weighted by atomic mass is 10.2. The van der Waals surface area contributed by atoms with Gasteiger partial charge in [0.25, 0.3) is 0 Å². The number of hydrogen-bond acceptors (Lipinski definition) is 3. The van der Waals surface area contributed by atoms with Crippen LogP contribution in [-0.2, 0) is 0 Å². The number of rotatable bonds is 3. The summed E-state index contributed by atoms with van der Waals surface area (Å²) in [5.74, 6) is 0. The number of nitrogens with zero attached hydrogens (tertiary/aromatic N) is 4. The second-order valence-electron chi connectivity index (χ2n) is 4.01. The second kappa shape index (κ2) is 5.27. The molecule has 0 aliphatic carbocycles. The average molecular weight is 248 g/mol. The molecule has 0 fully saturated rings. The first-order valence-corrected chi connectivity index (χ1v) is 5.96. The SMILES string of the molecule is C(=Cc1ccncn1)c1ccc(-n2cccn2)cc1. The van der Waals surface area contributed by atoms with Crippen molar-refractivity contribution in [2.24, 2.45) is 0 Å². The van der Waals surface area contributed by atoms with Gasteiger partial charge in [0.1, 0.15) is 6.33 Å². The van der Waals surface area contributed by atoms with Crippen molar-refractivity contribution in [3.8, 4) is 5.69 Å². The van der Waals surface area contributed by atoms with Crippen LogP contribution in [0.4, 0.5) is 0 Å². The molecule has 0 aliphatic rings. The lowest BCUT2D eigenvalue weighted by Crippen LogP contribution is -1.93. The molecule has 0 atom stereocenters. The van der Waals surface area contributed by atoms with Gasteiger partial charge in [-0.3, -0.25) is 0 Å². The van der Waals surface area contributed by atoms with E-state index >= 15 is 0 Å². The standard InChI is InChI=1S/C15H12N4/c1-9-18-19(11-1)15-6-3-13(4-7-15)2-5-14-8-10-16-12-17-14/h1-12H. The molecule has 0 radical (unpaired) electrons. The highest BCUT2D eigenvalue weighted by Gasteiger charge is 1.95. The van der Waals surface area contributed by atoms with Crippen LogP contribution in [0.5, 0.6) is 0 Å². The molecule has 3 aromatic rings. The van der Waals surface area contributed by atoms with Crippen LogP contribution in [0, 0.1) is 0 Å². The molecule has 4 nitrogen and oxygen atoms in total. The molecule has 0 saturated carbocycles. The van der Waals surface area contributed by atoms with Crippen molar-refractivity contribution < 1.29 is 0 Å². The molecular weight excluding hydrogens is 236 g/mol. The van der Waals surface area contributed by atoms with Crippen LogP contribution in [0.15, 0.2) is 61.3 Å². The van der Waals surface area contributed by atoms with E-state index in [0.717, 1.165) is 16.9 Å². The highest BCUT2D eigenvalue weighted by molar-refractivity contribution is 5.68. The zero-order chi connectivity index (χ0) is 12.9. The van der Waals surface area contributed by atoms with Gasteiger partial charge in [0.2, 0.25) is 0 Å². The minimum absolute atomic E-state index is 0.895. The van der Waals surface area contributed by atoms with Crippen LogP contribution in [0.1, 0.15) is 11.3 Å². The van der Waals surface area contributed by atoms with Crippen LogP contribution in [0.2, 0.25) is 0 Å². The fourth-order valence-electron chi connectivity index (χ4n) is 1.74. The van der Waals surface area contributed by atoms with Gasteiger partial charge in [-0.25, -0.2) is 14.6 Å². The minimum atomic E-state index is 0.895. The molecule has 0 amide bonds. The molecule has 3 rings (SSSR count). The molecule has 0 unspecified atom stereocenters. The van der Waals surface area contributed by atoms with Gasteiger partial charge in [0, 0.05) is 18.6 Å². The molecular formula is C15H12N4. The number of hydrogen-bond donors (Lipinski definition) is 0. The van der Waals surface area contributed by atoms with Crippen molar-refractivity contribution in [1.82, 2.24) is 19.7 Å². The van der Waals surface area contributed by atoms with Crippen molar-refractivity contribution in [2.45, 2.75) is 0 Å². The smallest absolute Gasteiger partial charge is 0.115 e. The molecule has 0 spiro atoms. The Morgan fingerprint density at radius 3 is 2.53 bits per heavy atom. The molecule has 0 aliphatic heterocycles. The first kappa shape index (κ1) is 11.3. The zero-order valence-corrected chi connectivity index (χ0v) is 10.2. The summed E-state index contributed by atoms with van der Waals surface area (Å²) in [4.78, 5) is 8.03. The quantitative estimate of drug-likeness (QED) is 0.715. The Balaban J connectivity index is 1.78. The highest BCUT2D eigenvalue weighted by Crippen LogP contribution is 2.11. The number of benzene rings is 1. The van der Waals surface area contributed by atoms with Crippen molar-refractivity contribution in [3.63, 3.8) is 0 Å². The van der Waals surface area contributed by atoms with Gasteiger partial charge in [-0.1, -0.05) is 18.2 Å². The summed E-state index contributed by atoms with van der Waals surface area (Å²) >= 11 is 0. The molecule has 1 aromatic carbocycles. The summed E-state index contributed by atoms with van der Waals surface area (Å²) in [7, 11) is 0. The third-order valence-electron chi connectivity index (χ3n) is 2.71. The molecule has 0 saturated heterocycles. The third-order valence-corrected chi connectivity index (χ3v) is 2.71. The van der Waals surface area contributed by atoms with E-state index in [2.05, 4.69) is 27.2 Å². The lowest BCUT2D eigenvalue weighted by molar-refractivity contribution is 0.880. The molecule has 92 valence electrons. The highest BCUT2D eigenvalue weighted by atomic mass is 15.3. The summed E-state index contributed by atoms with van der Waals surface area (Å²) in [5.41, 5.74) is 3.06. The molecule has 2 aromatic heterocycles. The molecule has 0 N–H and O–H groups in total. The van der Waals surface area contributed by atoms with Gasteiger partial charge in [0.15, 0.2) is 0 Å². The Hall–Kier alpha value is -2.75. The maximum atomic E-state index is 4.19. The molecule has 19 heavy (non-hydrogen) atoms. The maximum absolute atomic E-state index is 4.19. The van der Waals surface area contributed by atoms with Crippen LogP contribution in [-0.4, -0.2) is 19.7 Å². The van der Waals surface area contributed by atoms with Gasteiger partial charge in [-0.2, -0.15) is 5.10 Å². The predicted molar refractivity (Wildman–Crippen MR) is 74.5 cm³/mol. The summed E-state index contributed by atoms with van der Waals surface area (Å²) in [6.45, 7) is 0. The van der Waals surface area contributed by atoms with Gasteiger partial charge in [-0.05, 0) is 35.9 Å². The van der Waals surface area contributed by atoms with E-state index in [1.165, 1.54) is 0 Å². The van der Waals surface area contributed by atoms with Crippen LogP contribution < -0.4 is 0 Å². The van der Waals surface area contributed by atoms with Crippen LogP contribution in [0.3, 0.4) is 0 Å². The molecule has 2 heterocycles. The van der Waals surface area contributed by atoms with E-state index < -0.39 is 0 Å². The fraction of sp³-hybridized carbons (Fsp3) is 0. The van der Waals surface area contributed by atoms with Crippen molar-refractivity contribution in [1.29, 1.82) is 0 Å². The Kier molecular flexibility index (Phi) is 3.14. The van der Waals surface area contributed by atoms with E-state index in [4.69, 9.17) is 0 Å². The summed E-state index contributed by atoms with van der Waals surface area (Å²) in [6.07, 6.45) is 10.9. The van der Waals surface area contributed by atoms with Gasteiger partial charge >= 0.3 is 0 Å². The van der Waals surface area contributed by atoms with E-state index in [1.54, 1.807) is 18.7 Å². The largest absolute Gasteiger partial charge is 0.245 e. The van der Waals surface area contributed by atoms with Gasteiger partial charge in [-0.15, -0.1) is 0 Å². The first-order valence-electron chi connectivity index (χ1n) is 5.96. The summed E-state index contributed by atoms with van der Waals surface area (Å²) < 4.78 is 1.83. The monoisotopic (exact) mass is 248 g/mol. The van der Waals surface area contributed by atoms with E-state index in [9.17, 15) is 0 Å². The second-order valence-corrected chi connectivity index (χ2v) is 4.01. The maximum Gasteiger partial charge on any atom is 0.115 e. The molecule has 4 heteroatoms. The Bertz CT molecular complexity index is 655. The third kappa shape index (κ3) is 2.74. The molecule has 0 bridgehead atoms. The zero-order valence-electron chi connectivity index (χ0n) is 10.2. The first-order chi connectivity index (χ1) is 9.42. The Morgan fingerprint density at radius 2 is 1.84 bits per heavy atom. The van der Waals surface area contributed by atoms with Gasteiger partial charge < -0.3 is 0 Å². The van der Waals surface area contributed by atoms with Gasteiger partial charge in [0.05, 0.1) is 11.4 Å². The van der Waals surface area contributed by atoms with Crippen LogP contribution >= 0.6 is 0 Å². The normalized spacial score (nSPS) is 10.9. The minimum Gasteiger partial charge on any atom is -0.245 e. The Morgan fingerprint density at radius 1 is 0.947 bits per heavy atom. The van der Waals surface area contributed by atoms with Crippen molar-refractivity contribution in [2.75, 3.05) is 0 Å². The summed E-state index contributed by atoms with van der Waals surface area (Å²) in [5, 5.41) is 4.19. The number of aromatic nitrogens is 4. The fourth-order valence-corrected chi connectivity index (χ4v) is 1.74. The Labute approximate surface area is 111 Å². The van der Waals surface area contributed by atoms with Crippen LogP contribution in [0.25, 0.3) is 17.8 Å². The topological polar surface area (TPSA) is 43.6 Å². The average Bonchev–Trinajstić information content (AvgIpc) is 3.01. The predicted octanol–water partition coefficient (Wildman–Crippen LogP) is 2.83. The van der Waals surface area contributed by atoms with E-state index in [-0.39, 0.29) is 0 Å². The van der Waals surface area contributed by atoms with E-state index in [1.807, 2.05) is 47.3 Å². The van der Waals surface area contributed by atoms with E-state index in [0.29, 0.717) is 0 Å². The lowest BCUT2D eigenvalue weighted by Gasteiger charge is -2.01.